The SMILES string of the molecule is NCc1cccc(CNCc2ccc3ncoc3c2)c1. The third kappa shape index (κ3) is 2.87. The average molecular weight is 267 g/mol. The van der Waals surface area contributed by atoms with Crippen molar-refractivity contribution in [2.24, 2.45) is 5.73 Å². The number of nitrogens with one attached hydrogen (secondary N) is 1. The van der Waals surface area contributed by atoms with Crippen LogP contribution < -0.4 is 11.1 Å². The highest BCUT2D eigenvalue weighted by atomic mass is 16.3. The standard InChI is InChI=1S/C16H17N3O/c17-8-12-2-1-3-13(6-12)9-18-10-14-4-5-15-16(7-14)20-11-19-15/h1-7,11,18H,8-10,17H2. The topological polar surface area (TPSA) is 64.1 Å². The van der Waals surface area contributed by atoms with E-state index in [-0.39, 0.29) is 0 Å². The van der Waals surface area contributed by atoms with Crippen LogP contribution in [0, 0.1) is 0 Å². The van der Waals surface area contributed by atoms with Gasteiger partial charge in [-0.05, 0) is 28.8 Å². The van der Waals surface area contributed by atoms with Crippen molar-refractivity contribution in [3.05, 3.63) is 65.5 Å². The molecule has 2 aromatic carbocycles. The lowest BCUT2D eigenvalue weighted by molar-refractivity contribution is 0.601. The number of rotatable bonds is 5. The third-order valence-electron chi connectivity index (χ3n) is 3.28. The lowest BCUT2D eigenvalue weighted by Crippen LogP contribution is -2.13. The first-order valence-corrected chi connectivity index (χ1v) is 6.66. The molecule has 20 heavy (non-hydrogen) atoms. The maximum atomic E-state index is 5.64. The summed E-state index contributed by atoms with van der Waals surface area (Å²) in [6.45, 7) is 2.20. The summed E-state index contributed by atoms with van der Waals surface area (Å²) in [5.74, 6) is 0. The van der Waals surface area contributed by atoms with Crippen molar-refractivity contribution in [1.29, 1.82) is 0 Å². The number of hydrogen-bond donors (Lipinski definition) is 2. The van der Waals surface area contributed by atoms with Crippen molar-refractivity contribution < 1.29 is 4.42 Å². The van der Waals surface area contributed by atoms with Crippen molar-refractivity contribution in [2.45, 2.75) is 19.6 Å². The molecule has 0 atom stereocenters. The van der Waals surface area contributed by atoms with Gasteiger partial charge in [-0.15, -0.1) is 0 Å². The van der Waals surface area contributed by atoms with E-state index in [1.54, 1.807) is 0 Å². The molecule has 0 saturated carbocycles. The third-order valence-corrected chi connectivity index (χ3v) is 3.28. The number of hydrogen-bond acceptors (Lipinski definition) is 4. The minimum Gasteiger partial charge on any atom is -0.443 e. The Morgan fingerprint density at radius 3 is 2.65 bits per heavy atom. The fourth-order valence-electron chi connectivity index (χ4n) is 2.23. The highest BCUT2D eigenvalue weighted by molar-refractivity contribution is 5.72. The molecular formula is C16H17N3O. The van der Waals surface area contributed by atoms with Crippen LogP contribution in [-0.4, -0.2) is 4.98 Å². The largest absolute Gasteiger partial charge is 0.443 e. The van der Waals surface area contributed by atoms with Gasteiger partial charge in [-0.2, -0.15) is 0 Å². The molecule has 0 aliphatic heterocycles. The molecule has 0 bridgehead atoms. The predicted octanol–water partition coefficient (Wildman–Crippen LogP) is 2.58. The van der Waals surface area contributed by atoms with Crippen LogP contribution in [0.1, 0.15) is 16.7 Å². The second kappa shape index (κ2) is 5.86. The summed E-state index contributed by atoms with van der Waals surface area (Å²) in [6, 6.07) is 14.4. The van der Waals surface area contributed by atoms with Gasteiger partial charge in [-0.25, -0.2) is 4.98 Å². The Hall–Kier alpha value is -2.17. The van der Waals surface area contributed by atoms with E-state index in [9.17, 15) is 0 Å². The van der Waals surface area contributed by atoms with Gasteiger partial charge in [-0.3, -0.25) is 0 Å². The van der Waals surface area contributed by atoms with Gasteiger partial charge < -0.3 is 15.5 Å². The number of aromatic nitrogens is 1. The minimum absolute atomic E-state index is 0.579. The molecule has 4 nitrogen and oxygen atoms in total. The lowest BCUT2D eigenvalue weighted by Gasteiger charge is -2.06. The fraction of sp³-hybridized carbons (Fsp3) is 0.188. The molecule has 0 aliphatic rings. The van der Waals surface area contributed by atoms with E-state index in [4.69, 9.17) is 10.2 Å². The molecular weight excluding hydrogens is 250 g/mol. The molecule has 1 heterocycles. The zero-order valence-corrected chi connectivity index (χ0v) is 11.2. The Bertz CT molecular complexity index is 706. The van der Waals surface area contributed by atoms with Gasteiger partial charge in [-0.1, -0.05) is 30.3 Å². The van der Waals surface area contributed by atoms with Crippen molar-refractivity contribution in [2.75, 3.05) is 0 Å². The van der Waals surface area contributed by atoms with Crippen LogP contribution in [-0.2, 0) is 19.6 Å². The van der Waals surface area contributed by atoms with E-state index in [1.807, 2.05) is 24.3 Å². The van der Waals surface area contributed by atoms with E-state index < -0.39 is 0 Å². The molecule has 0 spiro atoms. The van der Waals surface area contributed by atoms with E-state index in [0.717, 1.165) is 29.8 Å². The predicted molar refractivity (Wildman–Crippen MR) is 78.9 cm³/mol. The summed E-state index contributed by atoms with van der Waals surface area (Å²) in [6.07, 6.45) is 1.47. The summed E-state index contributed by atoms with van der Waals surface area (Å²) in [7, 11) is 0. The maximum Gasteiger partial charge on any atom is 0.181 e. The normalized spacial score (nSPS) is 11.1. The van der Waals surface area contributed by atoms with E-state index in [2.05, 4.69) is 28.5 Å². The van der Waals surface area contributed by atoms with Gasteiger partial charge in [0.2, 0.25) is 0 Å². The highest BCUT2D eigenvalue weighted by Crippen LogP contribution is 2.14. The van der Waals surface area contributed by atoms with Gasteiger partial charge in [0, 0.05) is 19.6 Å². The molecule has 0 fully saturated rings. The van der Waals surface area contributed by atoms with Crippen molar-refractivity contribution in [3.63, 3.8) is 0 Å². The van der Waals surface area contributed by atoms with Crippen LogP contribution in [0.2, 0.25) is 0 Å². The Balaban J connectivity index is 1.61. The van der Waals surface area contributed by atoms with Gasteiger partial charge in [0.25, 0.3) is 0 Å². The zero-order chi connectivity index (χ0) is 13.8. The van der Waals surface area contributed by atoms with E-state index in [0.29, 0.717) is 6.54 Å². The molecule has 4 heteroatoms. The number of fused-ring (bicyclic) bond motifs is 1. The average Bonchev–Trinajstić information content (AvgIpc) is 2.95. The van der Waals surface area contributed by atoms with Gasteiger partial charge in [0.15, 0.2) is 12.0 Å². The summed E-state index contributed by atoms with van der Waals surface area (Å²) in [5.41, 5.74) is 11.0. The molecule has 0 aliphatic carbocycles. The first-order chi connectivity index (χ1) is 9.85. The molecule has 0 saturated heterocycles. The molecule has 3 N–H and O–H groups in total. The molecule has 102 valence electrons. The van der Waals surface area contributed by atoms with Crippen LogP contribution in [0.5, 0.6) is 0 Å². The molecule has 0 amide bonds. The highest BCUT2D eigenvalue weighted by Gasteiger charge is 2.00. The molecule has 3 rings (SSSR count). The van der Waals surface area contributed by atoms with Crippen LogP contribution >= 0.6 is 0 Å². The summed E-state index contributed by atoms with van der Waals surface area (Å²) < 4.78 is 5.30. The Kier molecular flexibility index (Phi) is 3.76. The molecule has 0 radical (unpaired) electrons. The number of oxazole rings is 1. The second-order valence-electron chi connectivity index (χ2n) is 4.78. The Labute approximate surface area is 117 Å². The zero-order valence-electron chi connectivity index (χ0n) is 11.2. The smallest absolute Gasteiger partial charge is 0.181 e. The summed E-state index contributed by atoms with van der Waals surface area (Å²) in [5, 5.41) is 3.42. The van der Waals surface area contributed by atoms with Crippen molar-refractivity contribution in [3.8, 4) is 0 Å². The van der Waals surface area contributed by atoms with Crippen molar-refractivity contribution >= 4 is 11.1 Å². The number of nitrogens with zero attached hydrogens (tertiary/aromatic N) is 1. The van der Waals surface area contributed by atoms with Crippen LogP contribution in [0.3, 0.4) is 0 Å². The summed E-state index contributed by atoms with van der Waals surface area (Å²) >= 11 is 0. The summed E-state index contributed by atoms with van der Waals surface area (Å²) in [4.78, 5) is 4.11. The van der Waals surface area contributed by atoms with Crippen LogP contribution in [0.15, 0.2) is 53.3 Å². The monoisotopic (exact) mass is 267 g/mol. The fourth-order valence-corrected chi connectivity index (χ4v) is 2.23. The number of nitrogens with two attached hydrogens (primary N) is 1. The number of benzene rings is 2. The van der Waals surface area contributed by atoms with E-state index >= 15 is 0 Å². The Morgan fingerprint density at radius 2 is 1.80 bits per heavy atom. The minimum atomic E-state index is 0.579. The van der Waals surface area contributed by atoms with Gasteiger partial charge in [0.05, 0.1) is 0 Å². The van der Waals surface area contributed by atoms with Gasteiger partial charge in [0.1, 0.15) is 5.52 Å². The Morgan fingerprint density at radius 1 is 1.00 bits per heavy atom. The molecule has 0 unspecified atom stereocenters. The molecule has 3 aromatic rings. The lowest BCUT2D eigenvalue weighted by atomic mass is 10.1. The van der Waals surface area contributed by atoms with E-state index in [1.165, 1.54) is 17.5 Å². The van der Waals surface area contributed by atoms with Crippen LogP contribution in [0.4, 0.5) is 0 Å². The van der Waals surface area contributed by atoms with Crippen molar-refractivity contribution in [1.82, 2.24) is 10.3 Å². The molecule has 1 aromatic heterocycles. The second-order valence-corrected chi connectivity index (χ2v) is 4.78. The van der Waals surface area contributed by atoms with Gasteiger partial charge >= 0.3 is 0 Å². The first kappa shape index (κ1) is 12.8. The first-order valence-electron chi connectivity index (χ1n) is 6.66. The quantitative estimate of drug-likeness (QED) is 0.745. The maximum absolute atomic E-state index is 5.64. The van der Waals surface area contributed by atoms with Crippen LogP contribution in [0.25, 0.3) is 11.1 Å².